The molecule has 0 radical (unpaired) electrons. The zero-order chi connectivity index (χ0) is 45.7. The quantitative estimate of drug-likeness (QED) is 0.162. The molecule has 56 heavy (non-hydrogen) atoms. The Hall–Kier alpha value is -7.42. The van der Waals surface area contributed by atoms with E-state index in [1.807, 2.05) is 150 Å². The van der Waals surface area contributed by atoms with E-state index < -0.39 is 36.3 Å². The van der Waals surface area contributed by atoms with Crippen LogP contribution in [0, 0.1) is 0 Å². The number of para-hydroxylation sites is 1. The Bertz CT molecular complexity index is 3770. The topological polar surface area (TPSA) is 9.86 Å². The van der Waals surface area contributed by atoms with Crippen LogP contribution in [-0.4, -0.2) is 9.13 Å². The summed E-state index contributed by atoms with van der Waals surface area (Å²) in [6, 6.07) is 46.7. The molecule has 262 valence electrons. The van der Waals surface area contributed by atoms with Crippen LogP contribution in [0.4, 0.5) is 0 Å². The maximum absolute atomic E-state index is 9.97. The molecule has 0 saturated heterocycles. The summed E-state index contributed by atoms with van der Waals surface area (Å²) in [7, 11) is 0. The molecule has 0 saturated carbocycles. The van der Waals surface area contributed by atoms with E-state index in [-0.39, 0.29) is 57.1 Å². The fourth-order valence-electron chi connectivity index (χ4n) is 7.78. The SMILES string of the molecule is [2H]c1c([2H])c([2H])c2c(c1[2H])c1c([2H])c(-c3c([2H])c([2H])c4c(c3[2H])c3ccc(-c5ccccc5)cc3n4-c3ccc(-c4ccccc4)cc3)c([2H])c([2H])c1n2-c1ccc(-c2ccccc2)cc1. The first-order valence-electron chi connectivity index (χ1n) is 23.5. The van der Waals surface area contributed by atoms with Gasteiger partial charge in [-0.2, -0.15) is 0 Å². The first-order chi connectivity index (χ1) is 32.0. The van der Waals surface area contributed by atoms with Crippen LogP contribution in [0.25, 0.3) is 99.5 Å². The first kappa shape index (κ1) is 23.4. The summed E-state index contributed by atoms with van der Waals surface area (Å²) in [6.45, 7) is 0. The van der Waals surface area contributed by atoms with E-state index >= 15 is 0 Å². The van der Waals surface area contributed by atoms with E-state index in [1.54, 1.807) is 12.1 Å². The highest BCUT2D eigenvalue weighted by atomic mass is 15.0. The van der Waals surface area contributed by atoms with Gasteiger partial charge in [0.05, 0.1) is 35.8 Å². The van der Waals surface area contributed by atoms with Crippen molar-refractivity contribution in [2.45, 2.75) is 0 Å². The van der Waals surface area contributed by atoms with Crippen molar-refractivity contribution in [2.24, 2.45) is 0 Å². The molecular formula is C54H36N2. The minimum absolute atomic E-state index is 0.0148. The third kappa shape index (κ3) is 5.34. The van der Waals surface area contributed by atoms with Crippen LogP contribution in [0.5, 0.6) is 0 Å². The van der Waals surface area contributed by atoms with Crippen LogP contribution in [0.3, 0.4) is 0 Å². The Labute approximate surface area is 339 Å². The van der Waals surface area contributed by atoms with Gasteiger partial charge in [0.15, 0.2) is 0 Å². The van der Waals surface area contributed by atoms with Gasteiger partial charge < -0.3 is 9.13 Å². The normalized spacial score (nSPS) is 14.1. The third-order valence-corrected chi connectivity index (χ3v) is 10.5. The van der Waals surface area contributed by atoms with Gasteiger partial charge in [0.1, 0.15) is 0 Å². The van der Waals surface area contributed by atoms with Crippen molar-refractivity contribution >= 4 is 43.6 Å². The van der Waals surface area contributed by atoms with Gasteiger partial charge >= 0.3 is 0 Å². The Balaban J connectivity index is 1.20. The van der Waals surface area contributed by atoms with Gasteiger partial charge in [-0.05, 0) is 105 Å². The second-order valence-electron chi connectivity index (χ2n) is 13.8. The fraction of sp³-hybridized carbons (Fsp3) is 0. The Morgan fingerprint density at radius 1 is 0.286 bits per heavy atom. The average molecular weight is 723 g/mol. The van der Waals surface area contributed by atoms with Crippen LogP contribution >= 0.6 is 0 Å². The smallest absolute Gasteiger partial charge is 0.0645 e. The van der Waals surface area contributed by atoms with Crippen molar-refractivity contribution in [3.05, 3.63) is 218 Å². The van der Waals surface area contributed by atoms with Gasteiger partial charge in [0.25, 0.3) is 0 Å². The van der Waals surface area contributed by atoms with Crippen LogP contribution in [-0.2, 0) is 0 Å². The van der Waals surface area contributed by atoms with E-state index in [0.29, 0.717) is 33.2 Å². The Morgan fingerprint density at radius 2 is 0.696 bits per heavy atom. The summed E-state index contributed by atoms with van der Waals surface area (Å²) in [6.07, 6.45) is 0. The highest BCUT2D eigenvalue weighted by Crippen LogP contribution is 2.40. The van der Waals surface area contributed by atoms with Crippen molar-refractivity contribution in [3.63, 3.8) is 0 Å². The highest BCUT2D eigenvalue weighted by molar-refractivity contribution is 6.13. The monoisotopic (exact) mass is 722 g/mol. The molecule has 0 amide bonds. The zero-order valence-corrected chi connectivity index (χ0v) is 29.9. The lowest BCUT2D eigenvalue weighted by Gasteiger charge is -2.11. The van der Waals surface area contributed by atoms with Crippen molar-refractivity contribution in [1.82, 2.24) is 9.13 Å². The summed E-state index contributed by atoms with van der Waals surface area (Å²) in [4.78, 5) is 0. The molecular weight excluding hydrogens is 677 g/mol. The fourth-order valence-corrected chi connectivity index (χ4v) is 7.78. The van der Waals surface area contributed by atoms with E-state index in [0.717, 1.165) is 33.4 Å². The minimum Gasteiger partial charge on any atom is -0.309 e. The second kappa shape index (κ2) is 13.2. The average Bonchev–Trinajstić information content (AvgIpc) is 3.90. The van der Waals surface area contributed by atoms with E-state index in [1.165, 1.54) is 4.57 Å². The molecule has 0 aliphatic rings. The zero-order valence-electron chi connectivity index (χ0n) is 39.9. The van der Waals surface area contributed by atoms with E-state index in [2.05, 4.69) is 0 Å². The number of fused-ring (bicyclic) bond motifs is 6. The molecule has 2 heterocycles. The molecule has 0 bridgehead atoms. The third-order valence-electron chi connectivity index (χ3n) is 10.5. The molecule has 2 nitrogen and oxygen atoms in total. The van der Waals surface area contributed by atoms with Crippen molar-refractivity contribution in [3.8, 4) is 55.9 Å². The molecule has 0 N–H and O–H groups in total. The second-order valence-corrected chi connectivity index (χ2v) is 13.8. The Kier molecular flexibility index (Phi) is 5.49. The number of benzene rings is 9. The van der Waals surface area contributed by atoms with Gasteiger partial charge in [0, 0.05) is 32.9 Å². The maximum atomic E-state index is 9.97. The van der Waals surface area contributed by atoms with Gasteiger partial charge in [-0.25, -0.2) is 0 Å². The molecule has 0 aliphatic heterocycles. The number of hydrogen-bond donors (Lipinski definition) is 0. The summed E-state index contributed by atoms with van der Waals surface area (Å²) in [5.74, 6) is 0. The van der Waals surface area contributed by atoms with Crippen molar-refractivity contribution in [2.75, 3.05) is 0 Å². The Morgan fingerprint density at radius 3 is 1.23 bits per heavy atom. The van der Waals surface area contributed by atoms with Gasteiger partial charge in [0.2, 0.25) is 0 Å². The lowest BCUT2D eigenvalue weighted by molar-refractivity contribution is 1.18. The first-order valence-corrected chi connectivity index (χ1v) is 18.5. The summed E-state index contributed by atoms with van der Waals surface area (Å²) < 4.78 is 97.5. The predicted molar refractivity (Wildman–Crippen MR) is 237 cm³/mol. The van der Waals surface area contributed by atoms with Gasteiger partial charge in [-0.1, -0.05) is 158 Å². The van der Waals surface area contributed by atoms with Crippen molar-refractivity contribution < 1.29 is 13.7 Å². The lowest BCUT2D eigenvalue weighted by atomic mass is 9.99. The standard InChI is InChI=1S/C54H36N2/c1-4-12-37(13-5-1)40-20-27-45(28-21-40)55-51-19-11-10-18-47(51)49-34-42(25-32-52(49)55)43-26-33-53-50(35-43)48-31-24-44(39-16-8-3-9-17-39)36-54(48)56(53)46-29-22-41(23-30-46)38-14-6-2-7-15-38/h1-36H/i10D,11D,18D,19D,25D,26D,32D,33D,34D,35D. The maximum Gasteiger partial charge on any atom is 0.0645 e. The molecule has 11 aromatic rings. The molecule has 0 aliphatic carbocycles. The van der Waals surface area contributed by atoms with Crippen molar-refractivity contribution in [1.29, 1.82) is 0 Å². The molecule has 2 aromatic heterocycles. The largest absolute Gasteiger partial charge is 0.309 e. The molecule has 0 atom stereocenters. The summed E-state index contributed by atoms with van der Waals surface area (Å²) in [5.41, 5.74) is 7.53. The molecule has 2 heteroatoms. The van der Waals surface area contributed by atoms with Crippen LogP contribution in [0.15, 0.2) is 218 Å². The van der Waals surface area contributed by atoms with Gasteiger partial charge in [-0.15, -0.1) is 0 Å². The minimum atomic E-state index is -0.523. The molecule has 9 aromatic carbocycles. The van der Waals surface area contributed by atoms with Crippen LogP contribution in [0.1, 0.15) is 13.7 Å². The molecule has 0 unspecified atom stereocenters. The molecule has 0 spiro atoms. The lowest BCUT2D eigenvalue weighted by Crippen LogP contribution is -1.94. The molecule has 0 fully saturated rings. The summed E-state index contributed by atoms with van der Waals surface area (Å²) in [5, 5.41) is 0.920. The van der Waals surface area contributed by atoms with Gasteiger partial charge in [-0.3, -0.25) is 0 Å². The predicted octanol–water partition coefficient (Wildman–Crippen LogP) is 14.5. The molecule has 11 rings (SSSR count). The number of aromatic nitrogens is 2. The highest BCUT2D eigenvalue weighted by Gasteiger charge is 2.17. The number of rotatable bonds is 6. The number of hydrogen-bond acceptors (Lipinski definition) is 0. The van der Waals surface area contributed by atoms with E-state index in [9.17, 15) is 8.22 Å². The summed E-state index contributed by atoms with van der Waals surface area (Å²) >= 11 is 0. The van der Waals surface area contributed by atoms with Crippen LogP contribution in [0.2, 0.25) is 0 Å². The van der Waals surface area contributed by atoms with E-state index in [4.69, 9.17) is 5.48 Å². The van der Waals surface area contributed by atoms with Crippen LogP contribution < -0.4 is 0 Å². The number of nitrogens with zero attached hydrogens (tertiary/aromatic N) is 2.